The number of carbonyl (C=O) groups excluding carboxylic acids is 1. The van der Waals surface area contributed by atoms with Crippen LogP contribution in [0.4, 0.5) is 5.69 Å². The molecule has 1 fully saturated rings. The fourth-order valence-electron chi connectivity index (χ4n) is 3.71. The molecule has 1 saturated heterocycles. The first-order chi connectivity index (χ1) is 12.2. The Bertz CT molecular complexity index is 904. The van der Waals surface area contributed by atoms with Crippen molar-refractivity contribution in [1.29, 1.82) is 0 Å². The number of hydrogen-bond donors (Lipinski definition) is 1. The number of amides is 1. The lowest BCUT2D eigenvalue weighted by molar-refractivity contribution is 0.102. The summed E-state index contributed by atoms with van der Waals surface area (Å²) in [6, 6.07) is 22.0. The molecule has 1 atom stereocenters. The monoisotopic (exact) mass is 330 g/mol. The fraction of sp³-hybridized carbons (Fsp3) is 0.227. The van der Waals surface area contributed by atoms with Crippen molar-refractivity contribution < 1.29 is 4.79 Å². The maximum atomic E-state index is 12.4. The van der Waals surface area contributed by atoms with Crippen LogP contribution in [-0.2, 0) is 0 Å². The van der Waals surface area contributed by atoms with Gasteiger partial charge >= 0.3 is 0 Å². The summed E-state index contributed by atoms with van der Waals surface area (Å²) in [7, 11) is 2.18. The third-order valence-electron chi connectivity index (χ3n) is 5.04. The van der Waals surface area contributed by atoms with Crippen molar-refractivity contribution >= 4 is 22.4 Å². The van der Waals surface area contributed by atoms with Crippen LogP contribution in [0.25, 0.3) is 10.8 Å². The number of fused-ring (bicyclic) bond motifs is 1. The molecule has 0 aromatic heterocycles. The Hall–Kier alpha value is -2.65. The van der Waals surface area contributed by atoms with E-state index in [1.54, 1.807) is 0 Å². The average molecular weight is 330 g/mol. The standard InChI is InChI=1S/C22H22N2O/c1-24-13-12-18(15-24)20-9-5-8-16-10-11-19(14-21(16)20)23-22(25)17-6-3-2-4-7-17/h2-11,14,18H,12-13,15H2,1H3,(H,23,25). The van der Waals surface area contributed by atoms with Crippen LogP contribution in [0.3, 0.4) is 0 Å². The van der Waals surface area contributed by atoms with Crippen molar-refractivity contribution in [3.05, 3.63) is 77.9 Å². The summed E-state index contributed by atoms with van der Waals surface area (Å²) in [6.45, 7) is 2.24. The van der Waals surface area contributed by atoms with Crippen molar-refractivity contribution in [2.45, 2.75) is 12.3 Å². The summed E-state index contributed by atoms with van der Waals surface area (Å²) in [6.07, 6.45) is 1.19. The molecular weight excluding hydrogens is 308 g/mol. The van der Waals surface area contributed by atoms with Crippen molar-refractivity contribution in [1.82, 2.24) is 4.90 Å². The summed E-state index contributed by atoms with van der Waals surface area (Å²) >= 11 is 0. The Kier molecular flexibility index (Phi) is 4.24. The topological polar surface area (TPSA) is 32.3 Å². The number of carbonyl (C=O) groups is 1. The van der Waals surface area contributed by atoms with Crippen LogP contribution in [0, 0.1) is 0 Å². The number of benzene rings is 3. The molecule has 1 amide bonds. The highest BCUT2D eigenvalue weighted by molar-refractivity contribution is 6.05. The highest BCUT2D eigenvalue weighted by Gasteiger charge is 2.22. The molecule has 25 heavy (non-hydrogen) atoms. The maximum absolute atomic E-state index is 12.4. The molecule has 1 N–H and O–H groups in total. The largest absolute Gasteiger partial charge is 0.322 e. The van der Waals surface area contributed by atoms with Crippen LogP contribution in [0.1, 0.15) is 28.3 Å². The van der Waals surface area contributed by atoms with Crippen LogP contribution in [-0.4, -0.2) is 30.9 Å². The Labute approximate surface area is 148 Å². The Balaban J connectivity index is 1.66. The smallest absolute Gasteiger partial charge is 0.255 e. The van der Waals surface area contributed by atoms with E-state index < -0.39 is 0 Å². The second kappa shape index (κ2) is 6.69. The van der Waals surface area contributed by atoms with Crippen LogP contribution < -0.4 is 5.32 Å². The zero-order valence-corrected chi connectivity index (χ0v) is 14.4. The lowest BCUT2D eigenvalue weighted by Crippen LogP contribution is -2.13. The molecule has 126 valence electrons. The van der Waals surface area contributed by atoms with Gasteiger partial charge in [0, 0.05) is 17.8 Å². The molecule has 0 spiro atoms. The number of likely N-dealkylation sites (N-methyl/N-ethyl adjacent to an activating group) is 1. The van der Waals surface area contributed by atoms with E-state index in [4.69, 9.17) is 0 Å². The van der Waals surface area contributed by atoms with Gasteiger partial charge in [0.15, 0.2) is 0 Å². The first-order valence-electron chi connectivity index (χ1n) is 8.78. The van der Waals surface area contributed by atoms with Crippen LogP contribution in [0.5, 0.6) is 0 Å². The summed E-state index contributed by atoms with van der Waals surface area (Å²) in [5, 5.41) is 5.50. The fourth-order valence-corrected chi connectivity index (χ4v) is 3.71. The maximum Gasteiger partial charge on any atom is 0.255 e. The molecule has 0 aliphatic carbocycles. The lowest BCUT2D eigenvalue weighted by Gasteiger charge is -2.15. The van der Waals surface area contributed by atoms with Crippen molar-refractivity contribution in [2.75, 3.05) is 25.5 Å². The third kappa shape index (κ3) is 3.28. The van der Waals surface area contributed by atoms with Gasteiger partial charge in [-0.15, -0.1) is 0 Å². The molecule has 3 aromatic carbocycles. The summed E-state index contributed by atoms with van der Waals surface area (Å²) in [5.41, 5.74) is 2.91. The van der Waals surface area contributed by atoms with Gasteiger partial charge in [0.25, 0.3) is 5.91 Å². The molecule has 3 nitrogen and oxygen atoms in total. The molecule has 0 saturated carbocycles. The van der Waals surface area contributed by atoms with E-state index in [1.165, 1.54) is 22.8 Å². The zero-order chi connectivity index (χ0) is 17.2. The first kappa shape index (κ1) is 15.9. The molecule has 1 aliphatic heterocycles. The Morgan fingerprint density at radius 2 is 1.88 bits per heavy atom. The average Bonchev–Trinajstić information content (AvgIpc) is 3.08. The predicted octanol–water partition coefficient (Wildman–Crippen LogP) is 4.51. The van der Waals surface area contributed by atoms with Crippen molar-refractivity contribution in [3.63, 3.8) is 0 Å². The second-order valence-electron chi connectivity index (χ2n) is 6.85. The predicted molar refractivity (Wildman–Crippen MR) is 103 cm³/mol. The van der Waals surface area contributed by atoms with Gasteiger partial charge in [-0.2, -0.15) is 0 Å². The molecular formula is C22H22N2O. The Morgan fingerprint density at radius 1 is 1.04 bits per heavy atom. The second-order valence-corrected chi connectivity index (χ2v) is 6.85. The quantitative estimate of drug-likeness (QED) is 0.766. The SMILES string of the molecule is CN1CCC(c2cccc3ccc(NC(=O)c4ccccc4)cc23)C1. The highest BCUT2D eigenvalue weighted by Crippen LogP contribution is 2.33. The van der Waals surface area contributed by atoms with Gasteiger partial charge in [-0.25, -0.2) is 0 Å². The lowest BCUT2D eigenvalue weighted by atomic mass is 9.92. The number of anilines is 1. The van der Waals surface area contributed by atoms with Gasteiger partial charge in [0.05, 0.1) is 0 Å². The van der Waals surface area contributed by atoms with E-state index in [1.807, 2.05) is 36.4 Å². The van der Waals surface area contributed by atoms with Gasteiger partial charge < -0.3 is 10.2 Å². The van der Waals surface area contributed by atoms with E-state index in [2.05, 4.69) is 47.6 Å². The van der Waals surface area contributed by atoms with Gasteiger partial charge in [-0.05, 0) is 66.5 Å². The minimum absolute atomic E-state index is 0.0713. The summed E-state index contributed by atoms with van der Waals surface area (Å²) in [4.78, 5) is 14.8. The van der Waals surface area contributed by atoms with E-state index in [0.717, 1.165) is 18.8 Å². The van der Waals surface area contributed by atoms with Gasteiger partial charge in [0.2, 0.25) is 0 Å². The number of nitrogens with one attached hydrogen (secondary N) is 1. The third-order valence-corrected chi connectivity index (χ3v) is 5.04. The number of hydrogen-bond acceptors (Lipinski definition) is 2. The molecule has 1 heterocycles. The molecule has 1 unspecified atom stereocenters. The van der Waals surface area contributed by atoms with E-state index >= 15 is 0 Å². The minimum Gasteiger partial charge on any atom is -0.322 e. The molecule has 3 heteroatoms. The molecule has 4 rings (SSSR count). The zero-order valence-electron chi connectivity index (χ0n) is 14.4. The molecule has 0 bridgehead atoms. The van der Waals surface area contributed by atoms with Crippen molar-refractivity contribution in [3.8, 4) is 0 Å². The van der Waals surface area contributed by atoms with E-state index in [9.17, 15) is 4.79 Å². The molecule has 1 aliphatic rings. The summed E-state index contributed by atoms with van der Waals surface area (Å²) in [5.74, 6) is 0.492. The normalized spacial score (nSPS) is 17.7. The van der Waals surface area contributed by atoms with E-state index in [0.29, 0.717) is 11.5 Å². The van der Waals surface area contributed by atoms with E-state index in [-0.39, 0.29) is 5.91 Å². The van der Waals surface area contributed by atoms with Gasteiger partial charge in [-0.1, -0.05) is 42.5 Å². The highest BCUT2D eigenvalue weighted by atomic mass is 16.1. The van der Waals surface area contributed by atoms with Crippen LogP contribution >= 0.6 is 0 Å². The first-order valence-corrected chi connectivity index (χ1v) is 8.78. The van der Waals surface area contributed by atoms with Crippen molar-refractivity contribution in [2.24, 2.45) is 0 Å². The van der Waals surface area contributed by atoms with Crippen LogP contribution in [0.15, 0.2) is 66.7 Å². The number of rotatable bonds is 3. The summed E-state index contributed by atoms with van der Waals surface area (Å²) < 4.78 is 0. The van der Waals surface area contributed by atoms with Gasteiger partial charge in [-0.3, -0.25) is 4.79 Å². The number of likely N-dealkylation sites (tertiary alicyclic amines) is 1. The minimum atomic E-state index is -0.0713. The molecule has 3 aromatic rings. The number of nitrogens with zero attached hydrogens (tertiary/aromatic N) is 1. The molecule has 0 radical (unpaired) electrons. The van der Waals surface area contributed by atoms with Gasteiger partial charge in [0.1, 0.15) is 0 Å². The Morgan fingerprint density at radius 3 is 2.64 bits per heavy atom. The van der Waals surface area contributed by atoms with Crippen LogP contribution in [0.2, 0.25) is 0 Å².